The van der Waals surface area contributed by atoms with Crippen molar-refractivity contribution in [3.05, 3.63) is 35.4 Å². The number of unbranched alkanes of at least 4 members (excludes halogenated alkanes) is 1. The van der Waals surface area contributed by atoms with Gasteiger partial charge in [0.15, 0.2) is 5.78 Å². The van der Waals surface area contributed by atoms with Crippen molar-refractivity contribution in [2.24, 2.45) is 16.9 Å². The van der Waals surface area contributed by atoms with Crippen LogP contribution < -0.4 is 5.43 Å². The van der Waals surface area contributed by atoms with Gasteiger partial charge in [-0.3, -0.25) is 4.79 Å². The number of hydrazone groups is 1. The first-order valence-electron chi connectivity index (χ1n) is 9.84. The van der Waals surface area contributed by atoms with Gasteiger partial charge in [0, 0.05) is 18.6 Å². The Balaban J connectivity index is 1.56. The molecule has 0 saturated carbocycles. The van der Waals surface area contributed by atoms with E-state index < -0.39 is 5.97 Å². The zero-order chi connectivity index (χ0) is 19.2. The maximum absolute atomic E-state index is 11.7. The molecule has 6 nitrogen and oxygen atoms in total. The van der Waals surface area contributed by atoms with Crippen LogP contribution in [0.4, 0.5) is 0 Å². The van der Waals surface area contributed by atoms with Crippen LogP contribution in [-0.4, -0.2) is 41.8 Å². The van der Waals surface area contributed by atoms with Gasteiger partial charge in [-0.05, 0) is 49.3 Å². The fraction of sp³-hybridized carbons (Fsp3) is 0.571. The van der Waals surface area contributed by atoms with Gasteiger partial charge in [-0.15, -0.1) is 0 Å². The number of fused-ring (bicyclic) bond motifs is 2. The summed E-state index contributed by atoms with van der Waals surface area (Å²) in [6.45, 7) is 2.35. The van der Waals surface area contributed by atoms with Crippen molar-refractivity contribution in [1.29, 1.82) is 0 Å². The molecule has 2 aliphatic rings. The second-order valence-electron chi connectivity index (χ2n) is 7.49. The Morgan fingerprint density at radius 2 is 2.00 bits per heavy atom. The maximum atomic E-state index is 11.7. The second kappa shape index (κ2) is 9.13. The summed E-state index contributed by atoms with van der Waals surface area (Å²) in [5, 5.41) is 13.3. The summed E-state index contributed by atoms with van der Waals surface area (Å²) < 4.78 is 6.08. The number of carboxylic acid groups (broad SMARTS) is 1. The molecule has 4 unspecified atom stereocenters. The fourth-order valence-electron chi connectivity index (χ4n) is 4.08. The van der Waals surface area contributed by atoms with E-state index in [2.05, 4.69) is 17.5 Å². The Morgan fingerprint density at radius 1 is 1.26 bits per heavy atom. The molecule has 27 heavy (non-hydrogen) atoms. The molecule has 4 atom stereocenters. The quantitative estimate of drug-likeness (QED) is 0.487. The van der Waals surface area contributed by atoms with E-state index in [1.54, 1.807) is 12.1 Å². The first kappa shape index (κ1) is 19.5. The van der Waals surface area contributed by atoms with Crippen LogP contribution in [0, 0.1) is 11.8 Å². The third kappa shape index (κ3) is 4.95. The van der Waals surface area contributed by atoms with Gasteiger partial charge in [0.1, 0.15) is 0 Å². The van der Waals surface area contributed by atoms with Crippen LogP contribution >= 0.6 is 0 Å². The van der Waals surface area contributed by atoms with E-state index in [0.29, 0.717) is 17.9 Å². The highest BCUT2D eigenvalue weighted by atomic mass is 16.5. The molecule has 2 N–H and O–H groups in total. The summed E-state index contributed by atoms with van der Waals surface area (Å²) in [6.07, 6.45) is 7.84. The lowest BCUT2D eigenvalue weighted by Gasteiger charge is -2.25. The third-order valence-electron chi connectivity index (χ3n) is 5.58. The van der Waals surface area contributed by atoms with E-state index in [-0.39, 0.29) is 30.5 Å². The Bertz CT molecular complexity index is 686. The molecule has 1 aromatic carbocycles. The van der Waals surface area contributed by atoms with E-state index in [1.807, 2.05) is 18.3 Å². The summed E-state index contributed by atoms with van der Waals surface area (Å²) in [4.78, 5) is 22.7. The van der Waals surface area contributed by atoms with Gasteiger partial charge in [-0.25, -0.2) is 4.79 Å². The number of nitrogens with one attached hydrogen (secondary N) is 1. The lowest BCUT2D eigenvalue weighted by Crippen LogP contribution is -2.31. The minimum absolute atomic E-state index is 0.188. The van der Waals surface area contributed by atoms with Crippen LogP contribution in [0.25, 0.3) is 0 Å². The van der Waals surface area contributed by atoms with Crippen LogP contribution in [-0.2, 0) is 16.0 Å². The molecule has 2 aliphatic heterocycles. The van der Waals surface area contributed by atoms with Crippen LogP contribution in [0.5, 0.6) is 0 Å². The lowest BCUT2D eigenvalue weighted by atomic mass is 9.77. The highest BCUT2D eigenvalue weighted by Crippen LogP contribution is 2.44. The number of carbonyl (C=O) groups excluding carboxylic acids is 1. The van der Waals surface area contributed by atoms with E-state index in [1.165, 1.54) is 0 Å². The number of rotatable bonds is 10. The van der Waals surface area contributed by atoms with Gasteiger partial charge in [-0.2, -0.15) is 5.10 Å². The standard InChI is InChI=1S/C21H28N2O4/c1-2-3-4-16(24)12-22-23-13-18-17(19-9-10-20(18)27-19)11-14-5-7-15(8-6-14)21(25)26/h5-8,13,17-20,22H,2-4,9-12H2,1H3,(H,25,26)/b23-13+. The van der Waals surface area contributed by atoms with Gasteiger partial charge in [-0.1, -0.05) is 25.5 Å². The summed E-state index contributed by atoms with van der Waals surface area (Å²) in [6, 6.07) is 7.07. The number of ketones is 1. The SMILES string of the molecule is CCCCC(=O)CN/N=C/C1C2CCC(O2)C1Cc1ccc(C(=O)O)cc1. The van der Waals surface area contributed by atoms with Crippen molar-refractivity contribution in [2.75, 3.05) is 6.54 Å². The smallest absolute Gasteiger partial charge is 0.335 e. The van der Waals surface area contributed by atoms with Gasteiger partial charge in [0.25, 0.3) is 0 Å². The van der Waals surface area contributed by atoms with Crippen LogP contribution in [0.2, 0.25) is 0 Å². The topological polar surface area (TPSA) is 88.0 Å². The number of hydrogen-bond acceptors (Lipinski definition) is 5. The molecule has 2 heterocycles. The minimum Gasteiger partial charge on any atom is -0.478 e. The third-order valence-corrected chi connectivity index (χ3v) is 5.58. The van der Waals surface area contributed by atoms with Crippen molar-refractivity contribution in [2.45, 2.75) is 57.7 Å². The highest BCUT2D eigenvalue weighted by molar-refractivity contribution is 5.87. The zero-order valence-electron chi connectivity index (χ0n) is 15.8. The van der Waals surface area contributed by atoms with Crippen LogP contribution in [0.1, 0.15) is 54.9 Å². The summed E-state index contributed by atoms with van der Waals surface area (Å²) >= 11 is 0. The molecule has 2 bridgehead atoms. The molecule has 146 valence electrons. The average Bonchev–Trinajstić information content (AvgIpc) is 3.26. The Hall–Kier alpha value is -2.21. The van der Waals surface area contributed by atoms with E-state index in [9.17, 15) is 9.59 Å². The molecule has 0 aromatic heterocycles. The number of nitrogens with zero attached hydrogens (tertiary/aromatic N) is 1. The Morgan fingerprint density at radius 3 is 2.70 bits per heavy atom. The molecule has 1 aromatic rings. The number of Topliss-reactive ketones (excluding diaryl/α,β-unsaturated/α-hetero) is 1. The van der Waals surface area contributed by atoms with Gasteiger partial charge >= 0.3 is 5.97 Å². The van der Waals surface area contributed by atoms with Crippen molar-refractivity contribution in [3.8, 4) is 0 Å². The molecule has 0 spiro atoms. The van der Waals surface area contributed by atoms with Crippen LogP contribution in [0.3, 0.4) is 0 Å². The number of ether oxygens (including phenoxy) is 1. The van der Waals surface area contributed by atoms with E-state index in [0.717, 1.165) is 37.7 Å². The first-order chi connectivity index (χ1) is 13.1. The van der Waals surface area contributed by atoms with Crippen molar-refractivity contribution >= 4 is 18.0 Å². The van der Waals surface area contributed by atoms with Crippen molar-refractivity contribution in [3.63, 3.8) is 0 Å². The molecule has 0 amide bonds. The molecule has 0 aliphatic carbocycles. The minimum atomic E-state index is -0.908. The number of hydrogen-bond donors (Lipinski definition) is 2. The molecule has 2 saturated heterocycles. The lowest BCUT2D eigenvalue weighted by molar-refractivity contribution is -0.118. The largest absolute Gasteiger partial charge is 0.478 e. The Labute approximate surface area is 160 Å². The predicted molar refractivity (Wildman–Crippen MR) is 103 cm³/mol. The molecule has 2 fully saturated rings. The van der Waals surface area contributed by atoms with Gasteiger partial charge in [0.2, 0.25) is 0 Å². The Kier molecular flexibility index (Phi) is 6.61. The second-order valence-corrected chi connectivity index (χ2v) is 7.49. The first-order valence-corrected chi connectivity index (χ1v) is 9.84. The molecular formula is C21H28N2O4. The number of benzene rings is 1. The predicted octanol–water partition coefficient (Wildman–Crippen LogP) is 3.06. The summed E-state index contributed by atoms with van der Waals surface area (Å²) in [5.74, 6) is -0.162. The number of carboxylic acids is 1. The van der Waals surface area contributed by atoms with Crippen molar-refractivity contribution in [1.82, 2.24) is 5.43 Å². The normalized spacial score (nSPS) is 26.6. The molecule has 6 heteroatoms. The summed E-state index contributed by atoms with van der Waals surface area (Å²) in [7, 11) is 0. The van der Waals surface area contributed by atoms with Crippen molar-refractivity contribution < 1.29 is 19.4 Å². The molecule has 3 rings (SSSR count). The van der Waals surface area contributed by atoms with Gasteiger partial charge in [0.05, 0.1) is 24.3 Å². The molecular weight excluding hydrogens is 344 g/mol. The monoisotopic (exact) mass is 372 g/mol. The maximum Gasteiger partial charge on any atom is 0.335 e. The summed E-state index contributed by atoms with van der Waals surface area (Å²) in [5.41, 5.74) is 4.30. The number of aromatic carboxylic acids is 1. The zero-order valence-corrected chi connectivity index (χ0v) is 15.8. The number of carbonyl (C=O) groups is 2. The van der Waals surface area contributed by atoms with E-state index in [4.69, 9.17) is 9.84 Å². The van der Waals surface area contributed by atoms with Gasteiger partial charge < -0.3 is 15.3 Å². The fourth-order valence-corrected chi connectivity index (χ4v) is 4.08. The molecule has 0 radical (unpaired) electrons. The van der Waals surface area contributed by atoms with Crippen LogP contribution in [0.15, 0.2) is 29.4 Å². The highest BCUT2D eigenvalue weighted by Gasteiger charge is 2.47. The average molecular weight is 372 g/mol. The van der Waals surface area contributed by atoms with E-state index >= 15 is 0 Å².